The topological polar surface area (TPSA) is 55.4 Å². The Morgan fingerprint density at radius 2 is 2.25 bits per heavy atom. The van der Waals surface area contributed by atoms with E-state index in [9.17, 15) is 9.59 Å². The van der Waals surface area contributed by atoms with Gasteiger partial charge < -0.3 is 10.1 Å². The zero-order valence-electron chi connectivity index (χ0n) is 9.45. The molecule has 1 aromatic carbocycles. The molecule has 0 aromatic heterocycles. The molecule has 0 saturated carbocycles. The number of carbonyl (C=O) groups is 2. The fraction of sp³-hybridized carbons (Fsp3) is 0.333. The lowest BCUT2D eigenvalue weighted by molar-refractivity contribution is -0.131. The summed E-state index contributed by atoms with van der Waals surface area (Å²) in [7, 11) is 1.63. The largest absolute Gasteiger partial charge is 0.496 e. The number of hydrogen-bond acceptors (Lipinski definition) is 3. The first-order valence-corrected chi connectivity index (χ1v) is 5.04. The van der Waals surface area contributed by atoms with Crippen LogP contribution in [0.2, 0.25) is 0 Å². The Morgan fingerprint density at radius 1 is 1.50 bits per heavy atom. The zero-order chi connectivity index (χ0) is 12.0. The summed E-state index contributed by atoms with van der Waals surface area (Å²) in [5.41, 5.74) is 2.16. The highest BCUT2D eigenvalue weighted by molar-refractivity contribution is 6.23. The van der Waals surface area contributed by atoms with Crippen molar-refractivity contribution in [1.82, 2.24) is 5.32 Å². The van der Waals surface area contributed by atoms with Crippen LogP contribution in [0, 0.1) is 6.92 Å². The molecular weight excluding hydrogens is 206 g/mol. The van der Waals surface area contributed by atoms with Crippen LogP contribution in [-0.2, 0) is 16.0 Å². The molecule has 1 rings (SSSR count). The molecule has 4 nitrogen and oxygen atoms in total. The molecule has 1 N–H and O–H groups in total. The molecule has 0 atom stereocenters. The molecule has 0 aliphatic heterocycles. The second kappa shape index (κ2) is 5.90. The first-order valence-electron chi connectivity index (χ1n) is 5.04. The summed E-state index contributed by atoms with van der Waals surface area (Å²) in [5, 5.41) is 2.49. The van der Waals surface area contributed by atoms with Crippen molar-refractivity contribution in [3.8, 4) is 5.75 Å². The Labute approximate surface area is 94.6 Å². The molecular formula is C12H15NO3. The van der Waals surface area contributed by atoms with Crippen LogP contribution in [0.5, 0.6) is 5.75 Å². The molecule has 4 heteroatoms. The number of aryl methyl sites for hydroxylation is 1. The van der Waals surface area contributed by atoms with Gasteiger partial charge in [-0.2, -0.15) is 0 Å². The van der Waals surface area contributed by atoms with Gasteiger partial charge in [-0.25, -0.2) is 0 Å². The van der Waals surface area contributed by atoms with Gasteiger partial charge in [-0.05, 0) is 30.5 Å². The predicted octanol–water partition coefficient (Wildman–Crippen LogP) is 0.861. The fourth-order valence-electron chi connectivity index (χ4n) is 1.47. The third-order valence-corrected chi connectivity index (χ3v) is 2.28. The Bertz CT molecular complexity index is 388. The van der Waals surface area contributed by atoms with Gasteiger partial charge in [0.1, 0.15) is 5.75 Å². The Balaban J connectivity index is 2.52. The first kappa shape index (κ1) is 12.2. The van der Waals surface area contributed by atoms with E-state index >= 15 is 0 Å². The van der Waals surface area contributed by atoms with Crippen molar-refractivity contribution in [3.05, 3.63) is 29.3 Å². The summed E-state index contributed by atoms with van der Waals surface area (Å²) in [6, 6.07) is 5.84. The molecule has 1 aromatic rings. The number of hydrogen-bond donors (Lipinski definition) is 1. The minimum Gasteiger partial charge on any atom is -0.496 e. The molecule has 16 heavy (non-hydrogen) atoms. The van der Waals surface area contributed by atoms with Crippen molar-refractivity contribution in [2.45, 2.75) is 13.3 Å². The Kier molecular flexibility index (Phi) is 4.51. The van der Waals surface area contributed by atoms with Gasteiger partial charge in [0.15, 0.2) is 0 Å². The number of benzene rings is 1. The van der Waals surface area contributed by atoms with Crippen LogP contribution < -0.4 is 10.1 Å². The molecule has 0 unspecified atom stereocenters. The van der Waals surface area contributed by atoms with Crippen molar-refractivity contribution in [3.63, 3.8) is 0 Å². The van der Waals surface area contributed by atoms with E-state index in [0.29, 0.717) is 13.0 Å². The van der Waals surface area contributed by atoms with Gasteiger partial charge in [-0.1, -0.05) is 12.1 Å². The average molecular weight is 221 g/mol. The van der Waals surface area contributed by atoms with E-state index in [1.165, 1.54) is 0 Å². The van der Waals surface area contributed by atoms with Gasteiger partial charge in [0, 0.05) is 6.54 Å². The van der Waals surface area contributed by atoms with Gasteiger partial charge in [0.05, 0.1) is 7.11 Å². The van der Waals surface area contributed by atoms with Crippen molar-refractivity contribution in [2.75, 3.05) is 13.7 Å². The minimum absolute atomic E-state index is 0.277. The molecule has 1 amide bonds. The van der Waals surface area contributed by atoms with E-state index in [0.717, 1.165) is 16.9 Å². The van der Waals surface area contributed by atoms with Crippen molar-refractivity contribution in [2.24, 2.45) is 0 Å². The highest BCUT2D eigenvalue weighted by atomic mass is 16.5. The fourth-order valence-corrected chi connectivity index (χ4v) is 1.47. The van der Waals surface area contributed by atoms with E-state index in [2.05, 4.69) is 5.32 Å². The lowest BCUT2D eigenvalue weighted by Crippen LogP contribution is -2.26. The molecule has 0 radical (unpaired) electrons. The summed E-state index contributed by atoms with van der Waals surface area (Å²) in [6.45, 7) is 2.43. The number of ether oxygens (including phenoxy) is 1. The molecule has 0 heterocycles. The number of aldehydes is 1. The normalized spacial score (nSPS) is 9.62. The maximum Gasteiger partial charge on any atom is 0.284 e. The molecule has 0 bridgehead atoms. The smallest absolute Gasteiger partial charge is 0.284 e. The summed E-state index contributed by atoms with van der Waals surface area (Å²) >= 11 is 0. The summed E-state index contributed by atoms with van der Waals surface area (Å²) in [4.78, 5) is 20.7. The van der Waals surface area contributed by atoms with Gasteiger partial charge >= 0.3 is 0 Å². The number of rotatable bonds is 5. The number of amides is 1. The van der Waals surface area contributed by atoms with Crippen molar-refractivity contribution < 1.29 is 14.3 Å². The first-order chi connectivity index (χ1) is 7.67. The van der Waals surface area contributed by atoms with Gasteiger partial charge in [-0.15, -0.1) is 0 Å². The summed E-state index contributed by atoms with van der Waals surface area (Å²) < 4.78 is 5.14. The van der Waals surface area contributed by atoms with Crippen LogP contribution in [0.1, 0.15) is 11.1 Å². The van der Waals surface area contributed by atoms with Gasteiger partial charge in [0.2, 0.25) is 6.29 Å². The zero-order valence-corrected chi connectivity index (χ0v) is 9.45. The Morgan fingerprint density at radius 3 is 2.81 bits per heavy atom. The van der Waals surface area contributed by atoms with Gasteiger partial charge in [-0.3, -0.25) is 9.59 Å². The number of methoxy groups -OCH3 is 1. The second-order valence-electron chi connectivity index (χ2n) is 3.46. The van der Waals surface area contributed by atoms with Crippen LogP contribution in [-0.4, -0.2) is 25.8 Å². The predicted molar refractivity (Wildman–Crippen MR) is 60.5 cm³/mol. The molecule has 0 aliphatic rings. The number of nitrogens with one attached hydrogen (secondary N) is 1. The molecule has 86 valence electrons. The van der Waals surface area contributed by atoms with Crippen LogP contribution >= 0.6 is 0 Å². The highest BCUT2D eigenvalue weighted by Gasteiger charge is 2.01. The molecule has 0 spiro atoms. The Hall–Kier alpha value is -1.84. The highest BCUT2D eigenvalue weighted by Crippen LogP contribution is 2.18. The SMILES string of the molecule is COc1ccc(CCNC(=O)C=O)cc1C. The quantitative estimate of drug-likeness (QED) is 0.592. The second-order valence-corrected chi connectivity index (χ2v) is 3.46. The summed E-state index contributed by atoms with van der Waals surface area (Å²) in [5.74, 6) is 0.269. The van der Waals surface area contributed by atoms with E-state index in [1.807, 2.05) is 25.1 Å². The van der Waals surface area contributed by atoms with E-state index in [1.54, 1.807) is 7.11 Å². The van der Waals surface area contributed by atoms with Crippen LogP contribution in [0.25, 0.3) is 0 Å². The number of carbonyl (C=O) groups excluding carboxylic acids is 2. The van der Waals surface area contributed by atoms with Crippen molar-refractivity contribution in [1.29, 1.82) is 0 Å². The lowest BCUT2D eigenvalue weighted by Gasteiger charge is -2.07. The molecule has 0 aliphatic carbocycles. The van der Waals surface area contributed by atoms with Gasteiger partial charge in [0.25, 0.3) is 5.91 Å². The average Bonchev–Trinajstić information content (AvgIpc) is 2.29. The standard InChI is InChI=1S/C12H15NO3/c1-9-7-10(3-4-11(9)16-2)5-6-13-12(15)8-14/h3-4,7-8H,5-6H2,1-2H3,(H,13,15). The van der Waals surface area contributed by atoms with Crippen LogP contribution in [0.15, 0.2) is 18.2 Å². The maximum absolute atomic E-state index is 10.7. The lowest BCUT2D eigenvalue weighted by atomic mass is 10.1. The van der Waals surface area contributed by atoms with E-state index in [4.69, 9.17) is 4.74 Å². The molecule has 0 fully saturated rings. The maximum atomic E-state index is 10.7. The van der Waals surface area contributed by atoms with Crippen LogP contribution in [0.4, 0.5) is 0 Å². The van der Waals surface area contributed by atoms with Crippen molar-refractivity contribution >= 4 is 12.2 Å². The van der Waals surface area contributed by atoms with Crippen LogP contribution in [0.3, 0.4) is 0 Å². The summed E-state index contributed by atoms with van der Waals surface area (Å²) in [6.07, 6.45) is 0.976. The monoisotopic (exact) mass is 221 g/mol. The van der Waals surface area contributed by atoms with E-state index in [-0.39, 0.29) is 6.29 Å². The van der Waals surface area contributed by atoms with E-state index < -0.39 is 5.91 Å². The third-order valence-electron chi connectivity index (χ3n) is 2.28. The third kappa shape index (κ3) is 3.38. The molecule has 0 saturated heterocycles. The minimum atomic E-state index is -0.578.